The predicted octanol–water partition coefficient (Wildman–Crippen LogP) is 8.01. The van der Waals surface area contributed by atoms with Crippen molar-refractivity contribution >= 4 is 51.4 Å². The molecule has 1 N–H and O–H groups in total. The molecule has 4 aliphatic rings. The standard InChI is InChI=1S/C55H67N5O11/c1-39-13-17-46-49(37-39)70-36-35-68-48-12-7-6-11-45(48)59-25-28-65-27-23-58(22-21-57(46)24-29-66-32-33-67-30-26-59)47-18-14-40(38-50(47)69-34-31-64-5)19-20-56-44-16-15-43-51-41(44)9-8-10-42(51)52(61)60(53(43)62)54(63)71-55(2,3)4/h6-18,37-38,56H,19-36H2,1-5H3. The van der Waals surface area contributed by atoms with E-state index in [2.05, 4.69) is 69.4 Å². The van der Waals surface area contributed by atoms with E-state index in [1.807, 2.05) is 30.3 Å². The highest BCUT2D eigenvalue weighted by molar-refractivity contribution is 6.31. The minimum atomic E-state index is -0.997. The minimum Gasteiger partial charge on any atom is -0.489 e. The average Bonchev–Trinajstić information content (AvgIpc) is 3.34. The summed E-state index contributed by atoms with van der Waals surface area (Å²) in [6, 6.07) is 29.5. The maximum Gasteiger partial charge on any atom is 0.424 e. The summed E-state index contributed by atoms with van der Waals surface area (Å²) in [6.07, 6.45) is -0.361. The van der Waals surface area contributed by atoms with Crippen molar-refractivity contribution in [2.24, 2.45) is 0 Å². The summed E-state index contributed by atoms with van der Waals surface area (Å²) in [6.45, 7) is 15.9. The average molecular weight is 974 g/mol. The molecular formula is C55H67N5O11. The van der Waals surface area contributed by atoms with Gasteiger partial charge < -0.3 is 57.9 Å². The smallest absolute Gasteiger partial charge is 0.424 e. The molecule has 16 nitrogen and oxygen atoms in total. The first kappa shape index (κ1) is 50.8. The van der Waals surface area contributed by atoms with E-state index in [0.717, 1.165) is 51.1 Å². The molecule has 0 aliphatic carbocycles. The number of hydrogen-bond acceptors (Lipinski definition) is 15. The van der Waals surface area contributed by atoms with E-state index in [-0.39, 0.29) is 11.1 Å². The van der Waals surface area contributed by atoms with Crippen LogP contribution in [0.15, 0.2) is 91.0 Å². The van der Waals surface area contributed by atoms with Crippen LogP contribution in [0, 0.1) is 6.92 Å². The molecule has 0 unspecified atom stereocenters. The molecule has 378 valence electrons. The second-order valence-electron chi connectivity index (χ2n) is 18.6. The molecule has 2 bridgehead atoms. The number of methoxy groups -OCH3 is 1. The van der Waals surface area contributed by atoms with Crippen LogP contribution < -0.4 is 34.2 Å². The molecule has 9 rings (SSSR count). The fraction of sp³-hybridized carbons (Fsp3) is 0.436. The van der Waals surface area contributed by atoms with Gasteiger partial charge in [0.15, 0.2) is 0 Å². The second kappa shape index (κ2) is 24.0. The Morgan fingerprint density at radius 2 is 1.25 bits per heavy atom. The van der Waals surface area contributed by atoms with Crippen molar-refractivity contribution in [2.45, 2.75) is 39.7 Å². The van der Waals surface area contributed by atoms with E-state index in [0.29, 0.717) is 134 Å². The van der Waals surface area contributed by atoms with Gasteiger partial charge in [0.1, 0.15) is 42.7 Å². The highest BCUT2D eigenvalue weighted by Gasteiger charge is 2.40. The van der Waals surface area contributed by atoms with Gasteiger partial charge in [-0.05, 0) is 99.8 Å². The van der Waals surface area contributed by atoms with Gasteiger partial charge in [0.2, 0.25) is 0 Å². The van der Waals surface area contributed by atoms with Crippen LogP contribution >= 0.6 is 0 Å². The van der Waals surface area contributed by atoms with Gasteiger partial charge in [-0.2, -0.15) is 4.90 Å². The van der Waals surface area contributed by atoms with Gasteiger partial charge in [-0.15, -0.1) is 0 Å². The fourth-order valence-electron chi connectivity index (χ4n) is 8.96. The zero-order chi connectivity index (χ0) is 49.7. The SMILES string of the molecule is COCCOc1cc(CCNc2ccc3c4c(cccc24)C(=O)N(C(=O)OC(C)(C)C)C3=O)ccc1N1CCOCCN2CCOCCOCCN(CC1)c1ccc(C)cc1OCCOc1ccccc12. The number of anilines is 4. The number of fused-ring (bicyclic) bond motifs is 17. The predicted molar refractivity (Wildman–Crippen MR) is 274 cm³/mol. The summed E-state index contributed by atoms with van der Waals surface area (Å²) in [4.78, 5) is 47.8. The first-order valence-electron chi connectivity index (χ1n) is 24.6. The molecule has 71 heavy (non-hydrogen) atoms. The molecule has 3 amide bonds. The van der Waals surface area contributed by atoms with Crippen molar-refractivity contribution in [3.63, 3.8) is 0 Å². The third-order valence-electron chi connectivity index (χ3n) is 12.4. The lowest BCUT2D eigenvalue weighted by atomic mass is 9.93. The third-order valence-corrected chi connectivity index (χ3v) is 12.4. The van der Waals surface area contributed by atoms with Gasteiger partial charge in [0, 0.05) is 80.5 Å². The lowest BCUT2D eigenvalue weighted by molar-refractivity contribution is 0.0234. The van der Waals surface area contributed by atoms with Gasteiger partial charge in [-0.3, -0.25) is 9.59 Å². The number of benzene rings is 5. The van der Waals surface area contributed by atoms with Crippen LogP contribution in [0.25, 0.3) is 10.8 Å². The Bertz CT molecular complexity index is 2610. The number of ether oxygens (including phenoxy) is 8. The maximum absolute atomic E-state index is 13.6. The van der Waals surface area contributed by atoms with E-state index < -0.39 is 23.5 Å². The Morgan fingerprint density at radius 1 is 0.634 bits per heavy atom. The molecule has 5 aromatic carbocycles. The summed E-state index contributed by atoms with van der Waals surface area (Å²) in [5.41, 5.74) is 5.41. The fourth-order valence-corrected chi connectivity index (χ4v) is 8.96. The minimum absolute atomic E-state index is 0.261. The zero-order valence-corrected chi connectivity index (χ0v) is 41.7. The Labute approximate surface area is 416 Å². The molecule has 0 radical (unpaired) electrons. The molecule has 0 saturated carbocycles. The Hall–Kier alpha value is -6.59. The Kier molecular flexibility index (Phi) is 17.2. The molecule has 0 spiro atoms. The van der Waals surface area contributed by atoms with E-state index in [9.17, 15) is 14.4 Å². The van der Waals surface area contributed by atoms with Crippen LogP contribution in [0.1, 0.15) is 52.6 Å². The van der Waals surface area contributed by atoms with Gasteiger partial charge in [-0.1, -0.05) is 36.4 Å². The molecule has 1 fully saturated rings. The van der Waals surface area contributed by atoms with Gasteiger partial charge in [0.05, 0.1) is 63.3 Å². The number of nitrogens with one attached hydrogen (secondary N) is 1. The Balaban J connectivity index is 1.05. The van der Waals surface area contributed by atoms with Crippen molar-refractivity contribution in [1.29, 1.82) is 0 Å². The van der Waals surface area contributed by atoms with Crippen molar-refractivity contribution in [2.75, 3.05) is 139 Å². The van der Waals surface area contributed by atoms with Crippen LogP contribution in [0.3, 0.4) is 0 Å². The zero-order valence-electron chi connectivity index (χ0n) is 41.7. The number of amides is 3. The number of aryl methyl sites for hydroxylation is 1. The maximum atomic E-state index is 13.6. The molecule has 5 aromatic rings. The first-order valence-corrected chi connectivity index (χ1v) is 24.6. The number of para-hydroxylation sites is 2. The highest BCUT2D eigenvalue weighted by Crippen LogP contribution is 2.37. The van der Waals surface area contributed by atoms with E-state index >= 15 is 0 Å². The van der Waals surface area contributed by atoms with Crippen LogP contribution in [0.5, 0.6) is 17.2 Å². The summed E-state index contributed by atoms with van der Waals surface area (Å²) >= 11 is 0. The highest BCUT2D eigenvalue weighted by atomic mass is 16.6. The van der Waals surface area contributed by atoms with Crippen LogP contribution in [-0.4, -0.2) is 147 Å². The summed E-state index contributed by atoms with van der Waals surface area (Å²) in [5, 5.41) is 4.76. The largest absolute Gasteiger partial charge is 0.489 e. The first-order chi connectivity index (χ1) is 34.5. The molecule has 0 atom stereocenters. The van der Waals surface area contributed by atoms with Crippen LogP contribution in [0.4, 0.5) is 27.5 Å². The summed E-state index contributed by atoms with van der Waals surface area (Å²) < 4.78 is 48.9. The third kappa shape index (κ3) is 12.9. The van der Waals surface area contributed by atoms with Gasteiger partial charge in [0.25, 0.3) is 11.8 Å². The quantitative estimate of drug-likeness (QED) is 0.112. The number of carbonyl (C=O) groups is 3. The Morgan fingerprint density at radius 3 is 1.96 bits per heavy atom. The molecule has 1 saturated heterocycles. The second-order valence-corrected chi connectivity index (χ2v) is 18.6. The number of hydrogen-bond donors (Lipinski definition) is 1. The molecule has 4 aliphatic heterocycles. The number of nitrogens with zero attached hydrogens (tertiary/aromatic N) is 4. The van der Waals surface area contributed by atoms with Crippen molar-refractivity contribution < 1.29 is 52.3 Å². The van der Waals surface area contributed by atoms with Crippen LogP contribution in [0.2, 0.25) is 0 Å². The molecule has 16 heteroatoms. The normalized spacial score (nSPS) is 16.6. The van der Waals surface area contributed by atoms with E-state index in [1.165, 1.54) is 0 Å². The number of imide groups is 3. The topological polar surface area (TPSA) is 150 Å². The van der Waals surface area contributed by atoms with Gasteiger partial charge >= 0.3 is 6.09 Å². The van der Waals surface area contributed by atoms with Crippen molar-refractivity contribution in [3.05, 3.63) is 113 Å². The summed E-state index contributed by atoms with van der Waals surface area (Å²) in [5.74, 6) is 0.870. The molecular weight excluding hydrogens is 907 g/mol. The lowest BCUT2D eigenvalue weighted by Gasteiger charge is -2.33. The van der Waals surface area contributed by atoms with E-state index in [1.54, 1.807) is 46.1 Å². The summed E-state index contributed by atoms with van der Waals surface area (Å²) in [7, 11) is 1.66. The molecule has 0 aromatic heterocycles. The van der Waals surface area contributed by atoms with E-state index in [4.69, 9.17) is 37.9 Å². The monoisotopic (exact) mass is 973 g/mol. The lowest BCUT2D eigenvalue weighted by Crippen LogP contribution is -2.46. The van der Waals surface area contributed by atoms with Crippen LogP contribution in [-0.2, 0) is 30.1 Å². The number of carbonyl (C=O) groups excluding carboxylic acids is 3. The van der Waals surface area contributed by atoms with Gasteiger partial charge in [-0.25, -0.2) is 4.79 Å². The molecule has 4 heterocycles. The van der Waals surface area contributed by atoms with Crippen molar-refractivity contribution in [3.8, 4) is 17.2 Å². The number of rotatable bonds is 9. The van der Waals surface area contributed by atoms with Crippen molar-refractivity contribution in [1.82, 2.24) is 4.90 Å².